The molecule has 10 heavy (non-hydrogen) atoms. The van der Waals surface area contributed by atoms with Crippen LogP contribution in [-0.2, 0) is 13.0 Å². The number of aromatic nitrogens is 2. The molecule has 0 amide bonds. The number of nitrogens with zero attached hydrogens (tertiary/aromatic N) is 2. The highest BCUT2D eigenvalue weighted by Crippen LogP contribution is 2.10. The Labute approximate surface area is 59.9 Å². The van der Waals surface area contributed by atoms with Crippen LogP contribution in [0.4, 0.5) is 0 Å². The van der Waals surface area contributed by atoms with E-state index in [2.05, 4.69) is 9.55 Å². The van der Waals surface area contributed by atoms with E-state index in [1.165, 1.54) is 0 Å². The Morgan fingerprint density at radius 2 is 2.60 bits per heavy atom. The molecule has 1 aromatic heterocycles. The predicted octanol–water partition coefficient (Wildman–Crippen LogP) is 0.157. The number of aryl methyl sites for hydroxylation is 1. The van der Waals surface area contributed by atoms with Crippen molar-refractivity contribution in [2.45, 2.75) is 25.4 Å². The van der Waals surface area contributed by atoms with Gasteiger partial charge in [-0.05, 0) is 6.42 Å². The zero-order valence-corrected chi connectivity index (χ0v) is 5.83. The molecule has 1 aromatic rings. The molecule has 0 radical (unpaired) electrons. The zero-order valence-electron chi connectivity index (χ0n) is 5.83. The van der Waals surface area contributed by atoms with Gasteiger partial charge in [0.2, 0.25) is 0 Å². The molecule has 54 valence electrons. The molecule has 3 heteroatoms. The molecule has 1 aliphatic rings. The summed E-state index contributed by atoms with van der Waals surface area (Å²) in [6, 6.07) is 0.329. The van der Waals surface area contributed by atoms with Crippen molar-refractivity contribution in [1.29, 1.82) is 0 Å². The minimum absolute atomic E-state index is 0.329. The number of fused-ring (bicyclic) bond motifs is 1. The third-order valence-corrected chi connectivity index (χ3v) is 1.99. The number of imidazole rings is 1. The molecule has 3 nitrogen and oxygen atoms in total. The first kappa shape index (κ1) is 5.92. The van der Waals surface area contributed by atoms with E-state index >= 15 is 0 Å². The molecule has 0 saturated carbocycles. The summed E-state index contributed by atoms with van der Waals surface area (Å²) in [5.41, 5.74) is 5.76. The fourth-order valence-electron chi connectivity index (χ4n) is 1.38. The second-order valence-electron chi connectivity index (χ2n) is 2.79. The van der Waals surface area contributed by atoms with E-state index in [1.54, 1.807) is 0 Å². The molecule has 0 fully saturated rings. The van der Waals surface area contributed by atoms with Crippen molar-refractivity contribution >= 4 is 0 Å². The van der Waals surface area contributed by atoms with E-state index in [9.17, 15) is 0 Å². The van der Waals surface area contributed by atoms with Crippen molar-refractivity contribution in [3.05, 3.63) is 18.2 Å². The molecule has 2 heterocycles. The second-order valence-corrected chi connectivity index (χ2v) is 2.79. The highest BCUT2D eigenvalue weighted by Gasteiger charge is 2.14. The smallest absolute Gasteiger partial charge is 0.110 e. The van der Waals surface area contributed by atoms with Crippen molar-refractivity contribution in [2.75, 3.05) is 0 Å². The van der Waals surface area contributed by atoms with Gasteiger partial charge >= 0.3 is 0 Å². The van der Waals surface area contributed by atoms with E-state index < -0.39 is 0 Å². The molecule has 0 unspecified atom stereocenters. The van der Waals surface area contributed by atoms with Crippen LogP contribution in [0.15, 0.2) is 12.4 Å². The van der Waals surface area contributed by atoms with E-state index in [0.29, 0.717) is 6.04 Å². The summed E-state index contributed by atoms with van der Waals surface area (Å²) in [4.78, 5) is 4.19. The molecule has 0 saturated heterocycles. The average molecular weight is 137 g/mol. The fraction of sp³-hybridized carbons (Fsp3) is 0.571. The normalized spacial score (nSPS) is 24.3. The standard InChI is InChI=1S/C7H11N3/c8-6-1-3-10-4-2-9-7(10)5-6/h2,4,6H,1,3,5,8H2/t6-/m1/s1. The van der Waals surface area contributed by atoms with Gasteiger partial charge < -0.3 is 10.3 Å². The Kier molecular flexibility index (Phi) is 1.24. The van der Waals surface area contributed by atoms with Crippen molar-refractivity contribution in [2.24, 2.45) is 5.73 Å². The fourth-order valence-corrected chi connectivity index (χ4v) is 1.38. The summed E-state index contributed by atoms with van der Waals surface area (Å²) in [7, 11) is 0. The highest BCUT2D eigenvalue weighted by atomic mass is 15.1. The van der Waals surface area contributed by atoms with E-state index in [4.69, 9.17) is 5.73 Å². The first-order valence-corrected chi connectivity index (χ1v) is 3.62. The molecule has 0 bridgehead atoms. The van der Waals surface area contributed by atoms with Crippen LogP contribution < -0.4 is 5.73 Å². The molecule has 0 aromatic carbocycles. The molecular weight excluding hydrogens is 126 g/mol. The van der Waals surface area contributed by atoms with Gasteiger partial charge in [-0.3, -0.25) is 0 Å². The molecule has 0 aliphatic carbocycles. The van der Waals surface area contributed by atoms with Gasteiger partial charge in [-0.15, -0.1) is 0 Å². The molecule has 0 spiro atoms. The molecule has 2 N–H and O–H groups in total. The van der Waals surface area contributed by atoms with Gasteiger partial charge in [-0.2, -0.15) is 0 Å². The third-order valence-electron chi connectivity index (χ3n) is 1.99. The van der Waals surface area contributed by atoms with Gasteiger partial charge in [-0.25, -0.2) is 4.98 Å². The maximum Gasteiger partial charge on any atom is 0.110 e. The van der Waals surface area contributed by atoms with Gasteiger partial charge in [-0.1, -0.05) is 0 Å². The summed E-state index contributed by atoms with van der Waals surface area (Å²) in [5, 5.41) is 0. The topological polar surface area (TPSA) is 43.8 Å². The first-order valence-electron chi connectivity index (χ1n) is 3.62. The molecule has 1 atom stereocenters. The highest BCUT2D eigenvalue weighted by molar-refractivity contribution is 4.98. The predicted molar refractivity (Wildman–Crippen MR) is 38.5 cm³/mol. The van der Waals surface area contributed by atoms with Gasteiger partial charge in [0.05, 0.1) is 0 Å². The lowest BCUT2D eigenvalue weighted by Gasteiger charge is -2.18. The summed E-state index contributed by atoms with van der Waals surface area (Å²) in [5.74, 6) is 1.14. The minimum atomic E-state index is 0.329. The number of rotatable bonds is 0. The number of hydrogen-bond acceptors (Lipinski definition) is 2. The zero-order chi connectivity index (χ0) is 6.97. The third kappa shape index (κ3) is 0.827. The number of nitrogens with two attached hydrogens (primary N) is 1. The SMILES string of the molecule is N[C@@H]1CCn2ccnc2C1. The largest absolute Gasteiger partial charge is 0.335 e. The maximum atomic E-state index is 5.76. The van der Waals surface area contributed by atoms with Gasteiger partial charge in [0.1, 0.15) is 5.82 Å². The maximum absolute atomic E-state index is 5.76. The first-order chi connectivity index (χ1) is 4.86. The number of hydrogen-bond donors (Lipinski definition) is 1. The summed E-state index contributed by atoms with van der Waals surface area (Å²) < 4.78 is 2.17. The van der Waals surface area contributed by atoms with E-state index in [-0.39, 0.29) is 0 Å². The summed E-state index contributed by atoms with van der Waals surface area (Å²) in [6.07, 6.45) is 5.88. The van der Waals surface area contributed by atoms with E-state index in [0.717, 1.165) is 25.2 Å². The Balaban J connectivity index is 2.30. The van der Waals surface area contributed by atoms with Crippen LogP contribution in [0.1, 0.15) is 12.2 Å². The summed E-state index contributed by atoms with van der Waals surface area (Å²) in [6.45, 7) is 1.04. The van der Waals surface area contributed by atoms with Crippen LogP contribution in [0, 0.1) is 0 Å². The van der Waals surface area contributed by atoms with Crippen LogP contribution in [0.3, 0.4) is 0 Å². The second kappa shape index (κ2) is 2.09. The molecular formula is C7H11N3. The Bertz CT molecular complexity index is 229. The lowest BCUT2D eigenvalue weighted by Crippen LogP contribution is -2.30. The van der Waals surface area contributed by atoms with Gasteiger partial charge in [0.15, 0.2) is 0 Å². The lowest BCUT2D eigenvalue weighted by molar-refractivity contribution is 0.463. The van der Waals surface area contributed by atoms with E-state index in [1.807, 2.05) is 12.4 Å². The molecule has 1 aliphatic heterocycles. The van der Waals surface area contributed by atoms with Gasteiger partial charge in [0, 0.05) is 31.4 Å². The van der Waals surface area contributed by atoms with Crippen LogP contribution in [0.5, 0.6) is 0 Å². The van der Waals surface area contributed by atoms with Gasteiger partial charge in [0.25, 0.3) is 0 Å². The Morgan fingerprint density at radius 3 is 3.50 bits per heavy atom. The monoisotopic (exact) mass is 137 g/mol. The van der Waals surface area contributed by atoms with Crippen LogP contribution in [0.25, 0.3) is 0 Å². The quantitative estimate of drug-likeness (QED) is 0.553. The van der Waals surface area contributed by atoms with Crippen molar-refractivity contribution in [1.82, 2.24) is 9.55 Å². The average Bonchev–Trinajstić information content (AvgIpc) is 2.33. The summed E-state index contributed by atoms with van der Waals surface area (Å²) >= 11 is 0. The molecule has 2 rings (SSSR count). The van der Waals surface area contributed by atoms with Crippen molar-refractivity contribution < 1.29 is 0 Å². The Morgan fingerprint density at radius 1 is 1.70 bits per heavy atom. The van der Waals surface area contributed by atoms with Crippen molar-refractivity contribution in [3.63, 3.8) is 0 Å². The van der Waals surface area contributed by atoms with Crippen LogP contribution in [-0.4, -0.2) is 15.6 Å². The minimum Gasteiger partial charge on any atom is -0.335 e. The lowest BCUT2D eigenvalue weighted by atomic mass is 10.1. The Hall–Kier alpha value is -0.830. The van der Waals surface area contributed by atoms with Crippen LogP contribution in [0.2, 0.25) is 0 Å². The van der Waals surface area contributed by atoms with Crippen molar-refractivity contribution in [3.8, 4) is 0 Å². The van der Waals surface area contributed by atoms with Crippen LogP contribution >= 0.6 is 0 Å².